The standard InChI is InChI=1S/C19H12IN3O3S/c1-11(24)26-15-5-3-2-4-14(15)17-21-19-23(22-17)18(25)16(27-19)10-12-6-8-13(20)9-7-12/h2-10H,1H3/b16-10-. The average Bonchev–Trinajstić information content (AvgIpc) is 3.17. The van der Waals surface area contributed by atoms with Crippen molar-refractivity contribution in [3.05, 3.63) is 72.6 Å². The van der Waals surface area contributed by atoms with Crippen LogP contribution in [0.4, 0.5) is 0 Å². The van der Waals surface area contributed by atoms with Gasteiger partial charge >= 0.3 is 5.97 Å². The number of hydrogen-bond donors (Lipinski definition) is 0. The number of hydrogen-bond acceptors (Lipinski definition) is 6. The molecule has 0 saturated heterocycles. The molecule has 4 aromatic rings. The number of esters is 1. The number of nitrogens with zero attached hydrogens (tertiary/aromatic N) is 3. The van der Waals surface area contributed by atoms with Gasteiger partial charge in [-0.2, -0.15) is 9.50 Å². The van der Waals surface area contributed by atoms with Gasteiger partial charge in [0.05, 0.1) is 10.1 Å². The van der Waals surface area contributed by atoms with Crippen molar-refractivity contribution in [2.75, 3.05) is 0 Å². The average molecular weight is 489 g/mol. The largest absolute Gasteiger partial charge is 0.426 e. The molecule has 0 unspecified atom stereocenters. The Morgan fingerprint density at radius 3 is 2.63 bits per heavy atom. The lowest BCUT2D eigenvalue weighted by Gasteiger charge is -2.04. The molecule has 27 heavy (non-hydrogen) atoms. The van der Waals surface area contributed by atoms with Gasteiger partial charge in [-0.05, 0) is 58.5 Å². The molecule has 8 heteroatoms. The molecule has 0 amide bonds. The second-order valence-electron chi connectivity index (χ2n) is 5.69. The fourth-order valence-electron chi connectivity index (χ4n) is 2.55. The molecule has 0 aliphatic heterocycles. The minimum Gasteiger partial charge on any atom is -0.426 e. The molecule has 0 fully saturated rings. The molecule has 0 aliphatic carbocycles. The summed E-state index contributed by atoms with van der Waals surface area (Å²) in [7, 11) is 0. The molecule has 0 spiro atoms. The molecule has 0 atom stereocenters. The van der Waals surface area contributed by atoms with Gasteiger partial charge < -0.3 is 4.74 Å². The molecule has 2 heterocycles. The number of ether oxygens (including phenoxy) is 1. The summed E-state index contributed by atoms with van der Waals surface area (Å²) in [6, 6.07) is 14.9. The Hall–Kier alpha value is -2.59. The van der Waals surface area contributed by atoms with E-state index in [9.17, 15) is 9.59 Å². The Balaban J connectivity index is 1.79. The summed E-state index contributed by atoms with van der Waals surface area (Å²) >= 11 is 3.50. The molecule has 0 N–H and O–H groups in total. The summed E-state index contributed by atoms with van der Waals surface area (Å²) in [4.78, 5) is 28.9. The molecular formula is C19H12IN3O3S. The topological polar surface area (TPSA) is 73.6 Å². The zero-order valence-corrected chi connectivity index (χ0v) is 17.0. The van der Waals surface area contributed by atoms with Crippen molar-refractivity contribution >= 4 is 50.9 Å². The zero-order chi connectivity index (χ0) is 19.0. The van der Waals surface area contributed by atoms with E-state index in [1.807, 2.05) is 30.3 Å². The summed E-state index contributed by atoms with van der Waals surface area (Å²) in [5.74, 6) is 0.278. The number of halogens is 1. The highest BCUT2D eigenvalue weighted by atomic mass is 127. The first-order valence-corrected chi connectivity index (χ1v) is 9.85. The van der Waals surface area contributed by atoms with Crippen LogP contribution in [0.2, 0.25) is 0 Å². The SMILES string of the molecule is CC(=O)Oc1ccccc1-c1nc2s/c(=C\c3ccc(I)cc3)c(=O)n2n1. The molecule has 6 nitrogen and oxygen atoms in total. The van der Waals surface area contributed by atoms with Crippen molar-refractivity contribution in [3.8, 4) is 17.1 Å². The maximum atomic E-state index is 12.7. The monoisotopic (exact) mass is 489 g/mol. The lowest BCUT2D eigenvalue weighted by molar-refractivity contribution is -0.131. The van der Waals surface area contributed by atoms with Gasteiger partial charge in [0.1, 0.15) is 5.75 Å². The van der Waals surface area contributed by atoms with Crippen LogP contribution in [0.1, 0.15) is 12.5 Å². The predicted molar refractivity (Wildman–Crippen MR) is 112 cm³/mol. The van der Waals surface area contributed by atoms with Crippen LogP contribution in [-0.4, -0.2) is 20.6 Å². The lowest BCUT2D eigenvalue weighted by atomic mass is 10.2. The number of fused-ring (bicyclic) bond motifs is 1. The maximum Gasteiger partial charge on any atom is 0.308 e. The molecule has 0 bridgehead atoms. The minimum absolute atomic E-state index is 0.225. The normalized spacial score (nSPS) is 11.9. The maximum absolute atomic E-state index is 12.7. The van der Waals surface area contributed by atoms with Crippen LogP contribution in [-0.2, 0) is 4.79 Å². The van der Waals surface area contributed by atoms with Gasteiger partial charge in [0, 0.05) is 10.5 Å². The summed E-state index contributed by atoms with van der Waals surface area (Å²) in [6.45, 7) is 1.33. The molecular weight excluding hydrogens is 477 g/mol. The van der Waals surface area contributed by atoms with Crippen LogP contribution in [0, 0.1) is 3.57 Å². The number of para-hydroxylation sites is 1. The van der Waals surface area contributed by atoms with Crippen LogP contribution in [0.3, 0.4) is 0 Å². The van der Waals surface area contributed by atoms with Gasteiger partial charge in [-0.3, -0.25) is 9.59 Å². The number of carbonyl (C=O) groups is 1. The summed E-state index contributed by atoms with van der Waals surface area (Å²) in [6.07, 6.45) is 1.83. The number of thiazole rings is 1. The van der Waals surface area contributed by atoms with Crippen molar-refractivity contribution in [1.29, 1.82) is 0 Å². The molecule has 0 aliphatic rings. The molecule has 134 valence electrons. The summed E-state index contributed by atoms with van der Waals surface area (Å²) in [5, 5.41) is 4.32. The molecule has 4 rings (SSSR count). The Labute approximate surface area is 171 Å². The molecule has 0 saturated carbocycles. The smallest absolute Gasteiger partial charge is 0.308 e. The molecule has 2 aromatic carbocycles. The van der Waals surface area contributed by atoms with E-state index in [4.69, 9.17) is 4.74 Å². The second kappa shape index (κ2) is 7.20. The third-order valence-electron chi connectivity index (χ3n) is 3.73. The van der Waals surface area contributed by atoms with Gasteiger partial charge in [-0.15, -0.1) is 5.10 Å². The molecule has 2 aromatic heterocycles. The minimum atomic E-state index is -0.428. The van der Waals surface area contributed by atoms with E-state index in [1.165, 1.54) is 22.8 Å². The van der Waals surface area contributed by atoms with E-state index in [0.717, 1.165) is 9.13 Å². The Morgan fingerprint density at radius 1 is 1.19 bits per heavy atom. The van der Waals surface area contributed by atoms with Crippen LogP contribution >= 0.6 is 33.9 Å². The highest BCUT2D eigenvalue weighted by Crippen LogP contribution is 2.27. The summed E-state index contributed by atoms with van der Waals surface area (Å²) in [5.41, 5.74) is 1.28. The van der Waals surface area contributed by atoms with Crippen molar-refractivity contribution < 1.29 is 9.53 Å². The van der Waals surface area contributed by atoms with Crippen molar-refractivity contribution in [1.82, 2.24) is 14.6 Å². The van der Waals surface area contributed by atoms with E-state index < -0.39 is 5.97 Å². The lowest BCUT2D eigenvalue weighted by Crippen LogP contribution is -2.23. The van der Waals surface area contributed by atoms with Gasteiger partial charge in [0.25, 0.3) is 5.56 Å². The third-order valence-corrected chi connectivity index (χ3v) is 5.41. The number of carbonyl (C=O) groups excluding carboxylic acids is 1. The van der Waals surface area contributed by atoms with E-state index in [0.29, 0.717) is 26.6 Å². The second-order valence-corrected chi connectivity index (χ2v) is 7.94. The first-order chi connectivity index (χ1) is 13.0. The number of rotatable bonds is 3. The number of aromatic nitrogens is 3. The Bertz CT molecular complexity index is 1260. The van der Waals surface area contributed by atoms with Crippen LogP contribution in [0.15, 0.2) is 53.3 Å². The van der Waals surface area contributed by atoms with Crippen molar-refractivity contribution in [2.45, 2.75) is 6.92 Å². The highest BCUT2D eigenvalue weighted by molar-refractivity contribution is 14.1. The predicted octanol–water partition coefficient (Wildman–Crippen LogP) is 2.90. The third kappa shape index (κ3) is 3.62. The fraction of sp³-hybridized carbons (Fsp3) is 0.0526. The molecule has 0 radical (unpaired) electrons. The van der Waals surface area contributed by atoms with Gasteiger partial charge in [-0.25, -0.2) is 0 Å². The van der Waals surface area contributed by atoms with Crippen molar-refractivity contribution in [2.24, 2.45) is 0 Å². The quantitative estimate of drug-likeness (QED) is 0.252. The highest BCUT2D eigenvalue weighted by Gasteiger charge is 2.16. The van der Waals surface area contributed by atoms with E-state index in [-0.39, 0.29) is 5.56 Å². The van der Waals surface area contributed by atoms with Gasteiger partial charge in [-0.1, -0.05) is 35.6 Å². The Kier molecular flexibility index (Phi) is 4.75. The van der Waals surface area contributed by atoms with Crippen LogP contribution < -0.4 is 14.8 Å². The van der Waals surface area contributed by atoms with Crippen molar-refractivity contribution in [3.63, 3.8) is 0 Å². The first kappa shape index (κ1) is 17.8. The van der Waals surface area contributed by atoms with Gasteiger partial charge in [0.2, 0.25) is 4.96 Å². The van der Waals surface area contributed by atoms with Crippen LogP contribution in [0.5, 0.6) is 5.75 Å². The zero-order valence-electron chi connectivity index (χ0n) is 14.0. The van der Waals surface area contributed by atoms with E-state index in [2.05, 4.69) is 32.7 Å². The first-order valence-electron chi connectivity index (χ1n) is 7.96. The summed E-state index contributed by atoms with van der Waals surface area (Å²) < 4.78 is 8.18. The van der Waals surface area contributed by atoms with E-state index >= 15 is 0 Å². The Morgan fingerprint density at radius 2 is 1.93 bits per heavy atom. The number of benzene rings is 2. The fourth-order valence-corrected chi connectivity index (χ4v) is 3.82. The van der Waals surface area contributed by atoms with Gasteiger partial charge in [0.15, 0.2) is 5.82 Å². The van der Waals surface area contributed by atoms with Crippen LogP contribution in [0.25, 0.3) is 22.4 Å². The van der Waals surface area contributed by atoms with E-state index in [1.54, 1.807) is 24.3 Å².